The Morgan fingerprint density at radius 2 is 2.00 bits per heavy atom. The normalized spacial score (nSPS) is 13.5. The van der Waals surface area contributed by atoms with Gasteiger partial charge in [-0.1, -0.05) is 48.3 Å². The van der Waals surface area contributed by atoms with Gasteiger partial charge in [-0.3, -0.25) is 4.79 Å². The van der Waals surface area contributed by atoms with Crippen molar-refractivity contribution < 1.29 is 19.7 Å². The lowest BCUT2D eigenvalue weighted by molar-refractivity contribution is -0.140. The van der Waals surface area contributed by atoms with E-state index in [9.17, 15) is 15.0 Å². The number of ether oxygens (including phenoxy) is 1. The van der Waals surface area contributed by atoms with E-state index in [2.05, 4.69) is 16.6 Å². The van der Waals surface area contributed by atoms with Gasteiger partial charge in [0.05, 0.1) is 19.3 Å². The van der Waals surface area contributed by atoms with Crippen molar-refractivity contribution in [2.24, 2.45) is 0 Å². The van der Waals surface area contributed by atoms with Crippen LogP contribution in [0.4, 0.5) is 0 Å². The quantitative estimate of drug-likeness (QED) is 0.460. The van der Waals surface area contributed by atoms with E-state index in [1.54, 1.807) is 18.2 Å². The Morgan fingerprint density at radius 1 is 1.26 bits per heavy atom. The molecule has 122 valence electrons. The van der Waals surface area contributed by atoms with Gasteiger partial charge < -0.3 is 14.9 Å². The zero-order valence-corrected chi connectivity index (χ0v) is 13.2. The molecule has 0 heterocycles. The number of aliphatic hydroxyl groups is 2. The van der Waals surface area contributed by atoms with Crippen molar-refractivity contribution >= 4 is 5.97 Å². The summed E-state index contributed by atoms with van der Waals surface area (Å²) in [5, 5.41) is 19.5. The number of carbonyl (C=O) groups excluding carboxylic acids is 1. The van der Waals surface area contributed by atoms with Crippen LogP contribution in [0, 0.1) is 11.8 Å². The predicted octanol–water partition coefficient (Wildman–Crippen LogP) is 2.22. The SMILES string of the molecule is COC(=O)CCC[C@H](O)[C@H](O)/C=C/C=C/C#Cc1ccccc1. The number of benzene rings is 1. The van der Waals surface area contributed by atoms with Crippen LogP contribution in [-0.2, 0) is 9.53 Å². The maximum Gasteiger partial charge on any atom is 0.305 e. The molecule has 0 amide bonds. The first kappa shape index (κ1) is 18.7. The number of methoxy groups -OCH3 is 1. The molecule has 0 spiro atoms. The van der Waals surface area contributed by atoms with Gasteiger partial charge in [-0.15, -0.1) is 0 Å². The Kier molecular flexibility index (Phi) is 9.14. The third kappa shape index (κ3) is 8.62. The molecule has 0 bridgehead atoms. The van der Waals surface area contributed by atoms with Crippen LogP contribution in [-0.4, -0.2) is 35.5 Å². The smallest absolute Gasteiger partial charge is 0.305 e. The number of esters is 1. The lowest BCUT2D eigenvalue weighted by Crippen LogP contribution is -2.23. The third-order valence-corrected chi connectivity index (χ3v) is 3.09. The Hall–Kier alpha value is -2.35. The van der Waals surface area contributed by atoms with Crippen LogP contribution in [0.25, 0.3) is 0 Å². The molecule has 0 saturated carbocycles. The third-order valence-electron chi connectivity index (χ3n) is 3.09. The Morgan fingerprint density at radius 3 is 2.70 bits per heavy atom. The highest BCUT2D eigenvalue weighted by molar-refractivity contribution is 5.68. The van der Waals surface area contributed by atoms with Crippen LogP contribution in [0.5, 0.6) is 0 Å². The molecule has 0 radical (unpaired) electrons. The van der Waals surface area contributed by atoms with Crippen LogP contribution >= 0.6 is 0 Å². The van der Waals surface area contributed by atoms with Crippen molar-refractivity contribution in [2.45, 2.75) is 31.5 Å². The average molecular weight is 314 g/mol. The first-order valence-corrected chi connectivity index (χ1v) is 7.46. The van der Waals surface area contributed by atoms with E-state index in [0.29, 0.717) is 12.8 Å². The molecule has 0 unspecified atom stereocenters. The molecular weight excluding hydrogens is 292 g/mol. The fraction of sp³-hybridized carbons (Fsp3) is 0.316. The molecule has 0 fully saturated rings. The van der Waals surface area contributed by atoms with Gasteiger partial charge in [0.2, 0.25) is 0 Å². The molecule has 2 N–H and O–H groups in total. The lowest BCUT2D eigenvalue weighted by Gasteiger charge is -2.13. The van der Waals surface area contributed by atoms with E-state index in [0.717, 1.165) is 5.56 Å². The summed E-state index contributed by atoms with van der Waals surface area (Å²) in [6, 6.07) is 9.62. The number of allylic oxidation sites excluding steroid dienone is 3. The maximum absolute atomic E-state index is 10.9. The molecule has 4 nitrogen and oxygen atoms in total. The van der Waals surface area contributed by atoms with Crippen LogP contribution in [0.2, 0.25) is 0 Å². The molecule has 1 rings (SSSR count). The van der Waals surface area contributed by atoms with E-state index in [-0.39, 0.29) is 12.4 Å². The second-order valence-corrected chi connectivity index (χ2v) is 4.91. The average Bonchev–Trinajstić information content (AvgIpc) is 2.58. The maximum atomic E-state index is 10.9. The van der Waals surface area contributed by atoms with Gasteiger partial charge in [-0.25, -0.2) is 0 Å². The zero-order valence-electron chi connectivity index (χ0n) is 13.2. The van der Waals surface area contributed by atoms with Gasteiger partial charge in [-0.2, -0.15) is 0 Å². The fourth-order valence-electron chi connectivity index (χ4n) is 1.78. The summed E-state index contributed by atoms with van der Waals surface area (Å²) in [5.74, 6) is 5.54. The highest BCUT2D eigenvalue weighted by Crippen LogP contribution is 2.07. The fourth-order valence-corrected chi connectivity index (χ4v) is 1.78. The highest BCUT2D eigenvalue weighted by Gasteiger charge is 2.13. The Balaban J connectivity index is 2.31. The first-order chi connectivity index (χ1) is 11.1. The van der Waals surface area contributed by atoms with Crippen molar-refractivity contribution in [3.63, 3.8) is 0 Å². The molecule has 0 aliphatic carbocycles. The largest absolute Gasteiger partial charge is 0.469 e. The van der Waals surface area contributed by atoms with Gasteiger partial charge >= 0.3 is 5.97 Å². The minimum absolute atomic E-state index is 0.235. The predicted molar refractivity (Wildman–Crippen MR) is 89.5 cm³/mol. The summed E-state index contributed by atoms with van der Waals surface area (Å²) < 4.78 is 4.51. The molecule has 0 aliphatic rings. The van der Waals surface area contributed by atoms with E-state index < -0.39 is 12.2 Å². The number of aliphatic hydroxyl groups excluding tert-OH is 2. The number of hydrogen-bond acceptors (Lipinski definition) is 4. The van der Waals surface area contributed by atoms with Crippen molar-refractivity contribution in [1.29, 1.82) is 0 Å². The molecule has 0 aromatic heterocycles. The minimum Gasteiger partial charge on any atom is -0.469 e. The topological polar surface area (TPSA) is 66.8 Å². The van der Waals surface area contributed by atoms with Crippen molar-refractivity contribution in [3.05, 3.63) is 60.2 Å². The van der Waals surface area contributed by atoms with Gasteiger partial charge in [0, 0.05) is 12.0 Å². The summed E-state index contributed by atoms with van der Waals surface area (Å²) in [4.78, 5) is 10.9. The zero-order chi connectivity index (χ0) is 16.9. The van der Waals surface area contributed by atoms with E-state index in [1.165, 1.54) is 13.2 Å². The van der Waals surface area contributed by atoms with E-state index in [4.69, 9.17) is 0 Å². The Labute approximate surface area is 137 Å². The number of hydrogen-bond donors (Lipinski definition) is 2. The van der Waals surface area contributed by atoms with Crippen molar-refractivity contribution in [3.8, 4) is 11.8 Å². The van der Waals surface area contributed by atoms with Crippen LogP contribution in [0.15, 0.2) is 54.6 Å². The molecule has 1 aromatic rings. The lowest BCUT2D eigenvalue weighted by atomic mass is 10.1. The van der Waals surface area contributed by atoms with Gasteiger partial charge in [-0.05, 0) is 31.1 Å². The van der Waals surface area contributed by atoms with Gasteiger partial charge in [0.1, 0.15) is 0 Å². The van der Waals surface area contributed by atoms with E-state index >= 15 is 0 Å². The second-order valence-electron chi connectivity index (χ2n) is 4.91. The minimum atomic E-state index is -0.973. The number of rotatable bonds is 7. The summed E-state index contributed by atoms with van der Waals surface area (Å²) in [5.41, 5.74) is 0.933. The molecule has 1 aromatic carbocycles. The molecular formula is C19H22O4. The van der Waals surface area contributed by atoms with Crippen LogP contribution in [0.3, 0.4) is 0 Å². The van der Waals surface area contributed by atoms with Crippen molar-refractivity contribution in [1.82, 2.24) is 0 Å². The summed E-state index contributed by atoms with van der Waals surface area (Å²) in [6.45, 7) is 0. The Bertz CT molecular complexity index is 578. The summed E-state index contributed by atoms with van der Waals surface area (Å²) in [7, 11) is 1.32. The molecule has 4 heteroatoms. The second kappa shape index (κ2) is 11.2. The van der Waals surface area contributed by atoms with Crippen LogP contribution < -0.4 is 0 Å². The van der Waals surface area contributed by atoms with Crippen molar-refractivity contribution in [2.75, 3.05) is 7.11 Å². The van der Waals surface area contributed by atoms with Gasteiger partial charge in [0.25, 0.3) is 0 Å². The van der Waals surface area contributed by atoms with Gasteiger partial charge in [0.15, 0.2) is 0 Å². The molecule has 23 heavy (non-hydrogen) atoms. The highest BCUT2D eigenvalue weighted by atomic mass is 16.5. The molecule has 0 aliphatic heterocycles. The standard InChI is InChI=1S/C19H22O4/c1-23-19(22)15-9-14-18(21)17(20)13-8-3-2-5-10-16-11-6-4-7-12-16/h2-4,6-8,11-13,17-18,20-21H,9,14-15H2,1H3/b3-2+,13-8+/t17-,18+/m1/s1. The monoisotopic (exact) mass is 314 g/mol. The summed E-state index contributed by atoms with van der Waals surface area (Å²) in [6.07, 6.45) is 5.64. The summed E-state index contributed by atoms with van der Waals surface area (Å²) >= 11 is 0. The molecule has 0 saturated heterocycles. The van der Waals surface area contributed by atoms with Crippen LogP contribution in [0.1, 0.15) is 24.8 Å². The number of carbonyl (C=O) groups is 1. The first-order valence-electron chi connectivity index (χ1n) is 7.46. The van der Waals surface area contributed by atoms with E-state index in [1.807, 2.05) is 30.3 Å². The molecule has 2 atom stereocenters.